The molecule has 1 aliphatic rings. The molecule has 1 atom stereocenters. The standard InChI is InChI=1S/C21H27N3O5S/c1-3-30(27,28)23(2)12-7-11-22-20(25)18-14-16-8-4-5-9-17(16)15-24(18)21(26)19-10-6-13-29-19/h4-6,8-10,13,18H,3,7,11-12,14-15H2,1-2H3,(H,22,25)/t18-/m1/s1. The first-order chi connectivity index (χ1) is 14.3. The second-order valence-electron chi connectivity index (χ2n) is 7.27. The maximum Gasteiger partial charge on any atom is 0.290 e. The number of nitrogens with one attached hydrogen (secondary N) is 1. The van der Waals surface area contributed by atoms with Gasteiger partial charge in [-0.2, -0.15) is 0 Å². The fraction of sp³-hybridized carbons (Fsp3) is 0.429. The number of hydrogen-bond acceptors (Lipinski definition) is 5. The SMILES string of the molecule is CCS(=O)(=O)N(C)CCCNC(=O)[C@H]1Cc2ccccc2CN1C(=O)c1ccco1. The van der Waals surface area contributed by atoms with Crippen LogP contribution in [0.15, 0.2) is 47.1 Å². The van der Waals surface area contributed by atoms with Crippen LogP contribution in [0.3, 0.4) is 0 Å². The molecule has 1 aromatic heterocycles. The summed E-state index contributed by atoms with van der Waals surface area (Å²) < 4.78 is 30.2. The molecule has 0 saturated carbocycles. The Labute approximate surface area is 176 Å². The third-order valence-electron chi connectivity index (χ3n) is 5.33. The third-order valence-corrected chi connectivity index (χ3v) is 7.19. The van der Waals surface area contributed by atoms with E-state index >= 15 is 0 Å². The number of benzene rings is 1. The molecule has 0 fully saturated rings. The average molecular weight is 434 g/mol. The van der Waals surface area contributed by atoms with Crippen molar-refractivity contribution in [3.05, 3.63) is 59.5 Å². The summed E-state index contributed by atoms with van der Waals surface area (Å²) in [7, 11) is -1.71. The van der Waals surface area contributed by atoms with Gasteiger partial charge < -0.3 is 14.6 Å². The predicted octanol–water partition coefficient (Wildman–Crippen LogP) is 1.63. The van der Waals surface area contributed by atoms with Gasteiger partial charge in [0.05, 0.1) is 12.0 Å². The first-order valence-electron chi connectivity index (χ1n) is 9.96. The van der Waals surface area contributed by atoms with Gasteiger partial charge in [-0.05, 0) is 36.6 Å². The monoisotopic (exact) mass is 433 g/mol. The summed E-state index contributed by atoms with van der Waals surface area (Å²) >= 11 is 0. The second-order valence-corrected chi connectivity index (χ2v) is 9.63. The lowest BCUT2D eigenvalue weighted by molar-refractivity contribution is -0.126. The van der Waals surface area contributed by atoms with Gasteiger partial charge in [-0.3, -0.25) is 9.59 Å². The number of hydrogen-bond donors (Lipinski definition) is 1. The van der Waals surface area contributed by atoms with Crippen LogP contribution in [0.4, 0.5) is 0 Å². The van der Waals surface area contributed by atoms with Crippen LogP contribution in [-0.4, -0.2) is 61.4 Å². The van der Waals surface area contributed by atoms with Crippen molar-refractivity contribution >= 4 is 21.8 Å². The first-order valence-corrected chi connectivity index (χ1v) is 11.6. The quantitative estimate of drug-likeness (QED) is 0.638. The summed E-state index contributed by atoms with van der Waals surface area (Å²) in [6.07, 6.45) is 2.33. The van der Waals surface area contributed by atoms with Crippen molar-refractivity contribution in [3.63, 3.8) is 0 Å². The Kier molecular flexibility index (Phi) is 6.94. The molecule has 30 heavy (non-hydrogen) atoms. The zero-order valence-electron chi connectivity index (χ0n) is 17.2. The minimum Gasteiger partial charge on any atom is -0.459 e. The number of furan rings is 1. The number of fused-ring (bicyclic) bond motifs is 1. The molecular weight excluding hydrogens is 406 g/mol. The Morgan fingerprint density at radius 3 is 2.60 bits per heavy atom. The number of sulfonamides is 1. The normalized spacial score (nSPS) is 16.4. The van der Waals surface area contributed by atoms with Gasteiger partial charge in [-0.25, -0.2) is 12.7 Å². The van der Waals surface area contributed by atoms with Gasteiger partial charge in [0.25, 0.3) is 5.91 Å². The third kappa shape index (κ3) is 4.91. The maximum absolute atomic E-state index is 12.9. The Morgan fingerprint density at radius 2 is 1.93 bits per heavy atom. The fourth-order valence-electron chi connectivity index (χ4n) is 3.50. The number of nitrogens with zero attached hydrogens (tertiary/aromatic N) is 2. The summed E-state index contributed by atoms with van der Waals surface area (Å²) in [6, 6.07) is 10.3. The smallest absolute Gasteiger partial charge is 0.290 e. The second kappa shape index (κ2) is 9.44. The predicted molar refractivity (Wildman–Crippen MR) is 112 cm³/mol. The van der Waals surface area contributed by atoms with Crippen LogP contribution in [0.25, 0.3) is 0 Å². The molecule has 0 spiro atoms. The van der Waals surface area contributed by atoms with E-state index in [4.69, 9.17) is 4.42 Å². The van der Waals surface area contributed by atoms with E-state index in [1.54, 1.807) is 19.1 Å². The van der Waals surface area contributed by atoms with Crippen LogP contribution >= 0.6 is 0 Å². The molecule has 0 saturated heterocycles. The van der Waals surface area contributed by atoms with E-state index in [2.05, 4.69) is 5.32 Å². The average Bonchev–Trinajstić information content (AvgIpc) is 3.29. The molecule has 0 unspecified atom stereocenters. The van der Waals surface area contributed by atoms with E-state index in [9.17, 15) is 18.0 Å². The molecule has 2 aromatic rings. The zero-order valence-corrected chi connectivity index (χ0v) is 18.0. The van der Waals surface area contributed by atoms with E-state index in [0.29, 0.717) is 32.5 Å². The molecule has 2 heterocycles. The molecule has 0 radical (unpaired) electrons. The number of amides is 2. The zero-order chi connectivity index (χ0) is 21.7. The molecule has 1 aromatic carbocycles. The molecule has 9 heteroatoms. The van der Waals surface area contributed by atoms with Crippen LogP contribution in [0, 0.1) is 0 Å². The van der Waals surface area contributed by atoms with Crippen molar-refractivity contribution in [2.45, 2.75) is 32.4 Å². The number of carbonyl (C=O) groups is 2. The van der Waals surface area contributed by atoms with Crippen molar-refractivity contribution in [2.24, 2.45) is 0 Å². The van der Waals surface area contributed by atoms with E-state index in [-0.39, 0.29) is 23.3 Å². The van der Waals surface area contributed by atoms with Gasteiger partial charge in [0, 0.05) is 33.1 Å². The number of carbonyl (C=O) groups excluding carboxylic acids is 2. The Morgan fingerprint density at radius 1 is 1.20 bits per heavy atom. The van der Waals surface area contributed by atoms with Gasteiger partial charge in [0.15, 0.2) is 5.76 Å². The maximum atomic E-state index is 12.9. The van der Waals surface area contributed by atoms with Crippen molar-refractivity contribution < 1.29 is 22.4 Å². The molecule has 0 aliphatic carbocycles. The minimum atomic E-state index is -3.24. The summed E-state index contributed by atoms with van der Waals surface area (Å²) in [4.78, 5) is 27.4. The summed E-state index contributed by atoms with van der Waals surface area (Å²) in [6.45, 7) is 2.56. The highest BCUT2D eigenvalue weighted by Crippen LogP contribution is 2.25. The van der Waals surface area contributed by atoms with Gasteiger partial charge in [-0.15, -0.1) is 0 Å². The highest BCUT2D eigenvalue weighted by molar-refractivity contribution is 7.89. The van der Waals surface area contributed by atoms with Crippen LogP contribution in [0.5, 0.6) is 0 Å². The molecule has 3 rings (SSSR count). The Hall–Kier alpha value is -2.65. The lowest BCUT2D eigenvalue weighted by atomic mass is 9.93. The Bertz CT molecular complexity index is 988. The van der Waals surface area contributed by atoms with Crippen LogP contribution < -0.4 is 5.32 Å². The fourth-order valence-corrected chi connectivity index (χ4v) is 4.35. The van der Waals surface area contributed by atoms with Gasteiger partial charge in [0.2, 0.25) is 15.9 Å². The molecule has 1 N–H and O–H groups in total. The summed E-state index contributed by atoms with van der Waals surface area (Å²) in [5.41, 5.74) is 2.04. The van der Waals surface area contributed by atoms with Gasteiger partial charge in [0.1, 0.15) is 6.04 Å². The van der Waals surface area contributed by atoms with Crippen molar-refractivity contribution in [2.75, 3.05) is 25.9 Å². The van der Waals surface area contributed by atoms with Crippen molar-refractivity contribution in [1.82, 2.24) is 14.5 Å². The molecule has 0 bridgehead atoms. The Balaban J connectivity index is 1.66. The van der Waals surface area contributed by atoms with Crippen LogP contribution in [0.1, 0.15) is 35.0 Å². The lowest BCUT2D eigenvalue weighted by Crippen LogP contribution is -2.52. The van der Waals surface area contributed by atoms with Crippen molar-refractivity contribution in [1.29, 1.82) is 0 Å². The van der Waals surface area contributed by atoms with Gasteiger partial charge >= 0.3 is 0 Å². The molecular formula is C21H27N3O5S. The van der Waals surface area contributed by atoms with Gasteiger partial charge in [-0.1, -0.05) is 24.3 Å². The highest BCUT2D eigenvalue weighted by atomic mass is 32.2. The van der Waals surface area contributed by atoms with E-state index in [1.807, 2.05) is 24.3 Å². The minimum absolute atomic E-state index is 0.0429. The molecule has 162 valence electrons. The lowest BCUT2D eigenvalue weighted by Gasteiger charge is -2.35. The van der Waals surface area contributed by atoms with Crippen LogP contribution in [0.2, 0.25) is 0 Å². The molecule has 8 nitrogen and oxygen atoms in total. The van der Waals surface area contributed by atoms with Crippen molar-refractivity contribution in [3.8, 4) is 0 Å². The largest absolute Gasteiger partial charge is 0.459 e. The van der Waals surface area contributed by atoms with E-state index in [0.717, 1.165) is 11.1 Å². The summed E-state index contributed by atoms with van der Waals surface area (Å²) in [5, 5.41) is 2.85. The number of rotatable bonds is 8. The van der Waals surface area contributed by atoms with Crippen LogP contribution in [-0.2, 0) is 27.8 Å². The topological polar surface area (TPSA) is 99.9 Å². The van der Waals surface area contributed by atoms with E-state index < -0.39 is 16.1 Å². The van der Waals surface area contributed by atoms with E-state index in [1.165, 1.54) is 22.5 Å². The summed E-state index contributed by atoms with van der Waals surface area (Å²) in [5.74, 6) is -0.353. The molecule has 2 amide bonds. The highest BCUT2D eigenvalue weighted by Gasteiger charge is 2.35. The molecule has 1 aliphatic heterocycles. The first kappa shape index (κ1) is 22.0.